The molecule has 0 spiro atoms. The molecule has 176 valence electrons. The number of para-hydroxylation sites is 1. The zero-order valence-electron chi connectivity index (χ0n) is 19.4. The third kappa shape index (κ3) is 3.74. The number of carbonyl (C=O) groups excluding carboxylic acids is 4. The summed E-state index contributed by atoms with van der Waals surface area (Å²) in [6.45, 7) is 6.40. The number of cyclic esters (lactones) is 1. The number of rotatable bonds is 5. The predicted molar refractivity (Wildman–Crippen MR) is 128 cm³/mol. The van der Waals surface area contributed by atoms with Crippen molar-refractivity contribution in [3.8, 4) is 0 Å². The molecule has 1 atom stereocenters. The number of nitrogens with one attached hydrogen (secondary N) is 1. The molecule has 1 saturated heterocycles. The van der Waals surface area contributed by atoms with Gasteiger partial charge in [-0.2, -0.15) is 0 Å². The third-order valence-corrected chi connectivity index (χ3v) is 6.37. The van der Waals surface area contributed by atoms with Gasteiger partial charge < -0.3 is 14.6 Å². The topological polar surface area (TPSA) is 97.7 Å². The van der Waals surface area contributed by atoms with Crippen molar-refractivity contribution in [1.29, 1.82) is 0 Å². The first kappa shape index (κ1) is 23.5. The first-order valence-electron chi connectivity index (χ1n) is 10.7. The molecule has 0 aliphatic carbocycles. The van der Waals surface area contributed by atoms with Gasteiger partial charge in [-0.05, 0) is 51.5 Å². The van der Waals surface area contributed by atoms with Crippen molar-refractivity contribution >= 4 is 51.9 Å². The molecule has 34 heavy (non-hydrogen) atoms. The molecular formula is C25H24ClN3O5. The Labute approximate surface area is 201 Å². The summed E-state index contributed by atoms with van der Waals surface area (Å²) in [5.74, 6) is -2.34. The number of carbonyl (C=O) groups is 4. The lowest BCUT2D eigenvalue weighted by molar-refractivity contribution is -0.137. The van der Waals surface area contributed by atoms with Gasteiger partial charge in [0.2, 0.25) is 0 Å². The maximum atomic E-state index is 13.9. The number of fused-ring (bicyclic) bond motifs is 1. The summed E-state index contributed by atoms with van der Waals surface area (Å²) in [6, 6.07) is 10.4. The van der Waals surface area contributed by atoms with Crippen LogP contribution in [0.4, 0.5) is 10.5 Å². The van der Waals surface area contributed by atoms with E-state index in [0.29, 0.717) is 16.0 Å². The third-order valence-electron chi connectivity index (χ3n) is 6.06. The van der Waals surface area contributed by atoms with Gasteiger partial charge in [0.05, 0.1) is 10.7 Å². The van der Waals surface area contributed by atoms with E-state index >= 15 is 0 Å². The molecule has 9 heteroatoms. The second kappa shape index (κ2) is 8.29. The summed E-state index contributed by atoms with van der Waals surface area (Å²) >= 11 is 6.27. The lowest BCUT2D eigenvalue weighted by Crippen LogP contribution is -2.53. The quantitative estimate of drug-likeness (QED) is 0.430. The SMILES string of the molecule is Cc1ccc(NC(=O)C(C(=O)c2c(C)n(C)c3ccccc23)N2C(=O)OC(C)(C)C2=O)c(Cl)c1. The van der Waals surface area contributed by atoms with E-state index in [9.17, 15) is 19.2 Å². The Morgan fingerprint density at radius 2 is 1.76 bits per heavy atom. The number of anilines is 1. The molecule has 1 aromatic heterocycles. The van der Waals surface area contributed by atoms with Crippen molar-refractivity contribution in [2.75, 3.05) is 5.32 Å². The van der Waals surface area contributed by atoms with Crippen LogP contribution in [0, 0.1) is 13.8 Å². The van der Waals surface area contributed by atoms with Crippen LogP contribution in [0.15, 0.2) is 42.5 Å². The summed E-state index contributed by atoms with van der Waals surface area (Å²) in [5.41, 5.74) is 1.24. The molecule has 1 aliphatic heterocycles. The zero-order chi connectivity index (χ0) is 24.9. The number of halogens is 1. The van der Waals surface area contributed by atoms with Crippen LogP contribution in [0.25, 0.3) is 10.9 Å². The first-order chi connectivity index (χ1) is 15.9. The van der Waals surface area contributed by atoms with Crippen LogP contribution in [0.5, 0.6) is 0 Å². The van der Waals surface area contributed by atoms with E-state index in [1.165, 1.54) is 13.8 Å². The zero-order valence-corrected chi connectivity index (χ0v) is 20.2. The minimum atomic E-state index is -1.79. The first-order valence-corrected chi connectivity index (χ1v) is 11.0. The smallest absolute Gasteiger partial charge is 0.418 e. The largest absolute Gasteiger partial charge is 0.433 e. The van der Waals surface area contributed by atoms with Crippen LogP contribution in [-0.4, -0.2) is 44.8 Å². The highest BCUT2D eigenvalue weighted by molar-refractivity contribution is 6.34. The van der Waals surface area contributed by atoms with E-state index in [2.05, 4.69) is 5.32 Å². The molecule has 1 unspecified atom stereocenters. The fourth-order valence-corrected chi connectivity index (χ4v) is 4.43. The molecule has 2 aromatic carbocycles. The summed E-state index contributed by atoms with van der Waals surface area (Å²) in [6.07, 6.45) is -1.06. The number of Topliss-reactive ketones (excluding diaryl/α,β-unsaturated/α-hetero) is 1. The van der Waals surface area contributed by atoms with Crippen LogP contribution in [-0.2, 0) is 21.4 Å². The Morgan fingerprint density at radius 3 is 2.38 bits per heavy atom. The number of amides is 3. The lowest BCUT2D eigenvalue weighted by atomic mass is 9.98. The fraction of sp³-hybridized carbons (Fsp3) is 0.280. The Balaban J connectivity index is 1.84. The van der Waals surface area contributed by atoms with Gasteiger partial charge in [0, 0.05) is 29.2 Å². The maximum absolute atomic E-state index is 13.9. The molecule has 2 heterocycles. The standard InChI is InChI=1S/C25H24ClN3O5/c1-13-10-11-17(16(26)12-13)27-22(31)20(29-23(32)25(3,4)34-24(29)33)21(30)19-14(2)28(5)18-9-7-6-8-15(18)19/h6-12,20H,1-5H3,(H,27,31). The highest BCUT2D eigenvalue weighted by atomic mass is 35.5. The Bertz CT molecular complexity index is 1370. The van der Waals surface area contributed by atoms with E-state index in [4.69, 9.17) is 16.3 Å². The van der Waals surface area contributed by atoms with Gasteiger partial charge in [0.15, 0.2) is 17.4 Å². The van der Waals surface area contributed by atoms with E-state index in [1.807, 2.05) is 23.6 Å². The molecule has 1 N–H and O–H groups in total. The minimum absolute atomic E-state index is 0.249. The number of hydrogen-bond acceptors (Lipinski definition) is 5. The number of ether oxygens (including phenoxy) is 1. The Kier molecular flexibility index (Phi) is 5.73. The second-order valence-corrected chi connectivity index (χ2v) is 9.24. The van der Waals surface area contributed by atoms with Gasteiger partial charge in [0.25, 0.3) is 11.8 Å². The van der Waals surface area contributed by atoms with E-state index in [0.717, 1.165) is 11.1 Å². The highest BCUT2D eigenvalue weighted by Gasteiger charge is 2.54. The molecule has 3 aromatic rings. The van der Waals surface area contributed by atoms with E-state index < -0.39 is 35.3 Å². The van der Waals surface area contributed by atoms with Gasteiger partial charge in [0.1, 0.15) is 0 Å². The normalized spacial score (nSPS) is 16.0. The average Bonchev–Trinajstić information content (AvgIpc) is 3.13. The molecular weight excluding hydrogens is 458 g/mol. The number of hydrogen-bond donors (Lipinski definition) is 1. The van der Waals surface area contributed by atoms with Crippen LogP contribution >= 0.6 is 11.6 Å². The van der Waals surface area contributed by atoms with Crippen molar-refractivity contribution in [1.82, 2.24) is 9.47 Å². The molecule has 0 bridgehead atoms. The molecule has 1 aliphatic rings. The average molecular weight is 482 g/mol. The fourth-order valence-electron chi connectivity index (χ4n) is 4.15. The van der Waals surface area contributed by atoms with Crippen molar-refractivity contribution < 1.29 is 23.9 Å². The maximum Gasteiger partial charge on any atom is 0.418 e. The summed E-state index contributed by atoms with van der Waals surface area (Å²) < 4.78 is 7.00. The van der Waals surface area contributed by atoms with Crippen LogP contribution in [0.3, 0.4) is 0 Å². The van der Waals surface area contributed by atoms with Gasteiger partial charge in [-0.25, -0.2) is 9.69 Å². The summed E-state index contributed by atoms with van der Waals surface area (Å²) in [7, 11) is 1.80. The van der Waals surface area contributed by atoms with Crippen molar-refractivity contribution in [3.05, 3.63) is 64.3 Å². The van der Waals surface area contributed by atoms with Crippen LogP contribution in [0.2, 0.25) is 5.02 Å². The Morgan fingerprint density at radius 1 is 1.09 bits per heavy atom. The number of imide groups is 1. The molecule has 4 rings (SSSR count). The van der Waals surface area contributed by atoms with Gasteiger partial charge >= 0.3 is 6.09 Å². The lowest BCUT2D eigenvalue weighted by Gasteiger charge is -2.23. The van der Waals surface area contributed by atoms with Gasteiger partial charge in [-0.1, -0.05) is 35.9 Å². The minimum Gasteiger partial charge on any atom is -0.433 e. The number of aromatic nitrogens is 1. The second-order valence-electron chi connectivity index (χ2n) is 8.83. The van der Waals surface area contributed by atoms with Crippen molar-refractivity contribution in [2.24, 2.45) is 7.05 Å². The molecule has 0 radical (unpaired) electrons. The molecule has 0 saturated carbocycles. The Hall–Kier alpha value is -3.65. The molecule has 3 amide bonds. The summed E-state index contributed by atoms with van der Waals surface area (Å²) in [5, 5.41) is 3.48. The van der Waals surface area contributed by atoms with Crippen molar-refractivity contribution in [3.63, 3.8) is 0 Å². The number of ketones is 1. The van der Waals surface area contributed by atoms with E-state index in [-0.39, 0.29) is 16.3 Å². The predicted octanol–water partition coefficient (Wildman–Crippen LogP) is 4.40. The van der Waals surface area contributed by atoms with Crippen LogP contribution in [0.1, 0.15) is 35.5 Å². The van der Waals surface area contributed by atoms with Crippen LogP contribution < -0.4 is 5.32 Å². The van der Waals surface area contributed by atoms with Crippen molar-refractivity contribution in [2.45, 2.75) is 39.3 Å². The number of benzene rings is 2. The highest BCUT2D eigenvalue weighted by Crippen LogP contribution is 2.32. The molecule has 1 fully saturated rings. The molecule has 8 nitrogen and oxygen atoms in total. The number of nitrogens with zero attached hydrogens (tertiary/aromatic N) is 2. The monoisotopic (exact) mass is 481 g/mol. The number of aryl methyl sites for hydroxylation is 2. The summed E-state index contributed by atoms with van der Waals surface area (Å²) in [4.78, 5) is 53.8. The van der Waals surface area contributed by atoms with Gasteiger partial charge in [-0.3, -0.25) is 14.4 Å². The van der Waals surface area contributed by atoms with E-state index in [1.54, 1.807) is 44.3 Å². The van der Waals surface area contributed by atoms with Gasteiger partial charge in [-0.15, -0.1) is 0 Å².